The molecular weight excluding hydrogens is 168 g/mol. The molecule has 0 heterocycles. The van der Waals surface area contributed by atoms with E-state index in [4.69, 9.17) is 8.85 Å². The number of rotatable bonds is 6. The molecule has 70 valence electrons. The highest BCUT2D eigenvalue weighted by molar-refractivity contribution is 6.71. The van der Waals surface area contributed by atoms with E-state index >= 15 is 0 Å². The van der Waals surface area contributed by atoms with Crippen molar-refractivity contribution in [1.29, 1.82) is 0 Å². The summed E-state index contributed by atoms with van der Waals surface area (Å²) in [5, 5.41) is 0. The highest BCUT2D eigenvalue weighted by atomic mass is 28.4. The Labute approximate surface area is 76.1 Å². The Morgan fingerprint density at radius 1 is 1.50 bits per heavy atom. The lowest BCUT2D eigenvalue weighted by Gasteiger charge is -2.25. The van der Waals surface area contributed by atoms with Gasteiger partial charge in [0.25, 0.3) is 0 Å². The van der Waals surface area contributed by atoms with Crippen LogP contribution in [0.3, 0.4) is 0 Å². The monoisotopic (exact) mass is 186 g/mol. The second kappa shape index (κ2) is 5.30. The minimum absolute atomic E-state index is 0.0335. The van der Waals surface area contributed by atoms with Gasteiger partial charge in [-0.1, -0.05) is 6.08 Å². The summed E-state index contributed by atoms with van der Waals surface area (Å²) in [6.45, 7) is 13.9. The molecule has 0 rings (SSSR count). The summed E-state index contributed by atoms with van der Waals surface area (Å²) >= 11 is 0. The predicted molar refractivity (Wildman–Crippen MR) is 54.2 cm³/mol. The SMILES string of the molecule is C=CC(C)O[Si](C)(C=C)OCC. The minimum atomic E-state index is -2.11. The van der Waals surface area contributed by atoms with Crippen molar-refractivity contribution in [1.82, 2.24) is 0 Å². The molecule has 0 spiro atoms. The lowest BCUT2D eigenvalue weighted by molar-refractivity contribution is 0.167. The largest absolute Gasteiger partial charge is 0.392 e. The molecule has 0 fully saturated rings. The van der Waals surface area contributed by atoms with Crippen LogP contribution in [0.5, 0.6) is 0 Å². The molecule has 0 aliphatic rings. The van der Waals surface area contributed by atoms with E-state index < -0.39 is 8.56 Å². The second-order valence-corrected chi connectivity index (χ2v) is 5.68. The van der Waals surface area contributed by atoms with E-state index in [0.29, 0.717) is 6.61 Å². The van der Waals surface area contributed by atoms with Gasteiger partial charge in [0, 0.05) is 6.61 Å². The Balaban J connectivity index is 4.12. The first-order valence-corrected chi connectivity index (χ1v) is 6.55. The maximum Gasteiger partial charge on any atom is 0.361 e. The third-order valence-corrected chi connectivity index (χ3v) is 4.00. The van der Waals surface area contributed by atoms with Gasteiger partial charge >= 0.3 is 8.56 Å². The molecule has 0 N–H and O–H groups in total. The van der Waals surface area contributed by atoms with Crippen LogP contribution in [0.4, 0.5) is 0 Å². The standard InChI is InChI=1S/C9H18O2Si/c1-6-9(4)11-12(5,8-3)10-7-2/h6,8-9H,1,3,7H2,2,4-5H3. The number of hydrogen-bond acceptors (Lipinski definition) is 2. The Bertz CT molecular complexity index is 159. The van der Waals surface area contributed by atoms with Gasteiger partial charge in [-0.05, 0) is 26.1 Å². The fourth-order valence-corrected chi connectivity index (χ4v) is 2.53. The van der Waals surface area contributed by atoms with Crippen molar-refractivity contribution >= 4 is 8.56 Å². The summed E-state index contributed by atoms with van der Waals surface area (Å²) in [7, 11) is -2.11. The van der Waals surface area contributed by atoms with E-state index in [1.807, 2.05) is 20.4 Å². The van der Waals surface area contributed by atoms with Crippen LogP contribution in [0, 0.1) is 0 Å². The maximum absolute atomic E-state index is 5.66. The van der Waals surface area contributed by atoms with Gasteiger partial charge in [-0.2, -0.15) is 0 Å². The summed E-state index contributed by atoms with van der Waals surface area (Å²) < 4.78 is 11.2. The molecular formula is C9H18O2Si. The van der Waals surface area contributed by atoms with Gasteiger partial charge in [0.15, 0.2) is 0 Å². The summed E-state index contributed by atoms with van der Waals surface area (Å²) in [4.78, 5) is 0. The molecule has 0 saturated carbocycles. The lowest BCUT2D eigenvalue weighted by Crippen LogP contribution is -2.39. The lowest BCUT2D eigenvalue weighted by atomic mass is 10.4. The van der Waals surface area contributed by atoms with Crippen LogP contribution < -0.4 is 0 Å². The molecule has 0 aliphatic carbocycles. The molecule has 0 aromatic rings. The molecule has 2 atom stereocenters. The summed E-state index contributed by atoms with van der Waals surface area (Å²) in [5.41, 5.74) is 1.79. The van der Waals surface area contributed by atoms with Gasteiger partial charge < -0.3 is 8.85 Å². The van der Waals surface area contributed by atoms with E-state index in [1.165, 1.54) is 0 Å². The zero-order chi connectivity index (χ0) is 9.61. The van der Waals surface area contributed by atoms with Gasteiger partial charge in [0.05, 0.1) is 6.10 Å². The Kier molecular flexibility index (Phi) is 5.13. The van der Waals surface area contributed by atoms with Gasteiger partial charge in [0.1, 0.15) is 0 Å². The fraction of sp³-hybridized carbons (Fsp3) is 0.556. The molecule has 0 bridgehead atoms. The molecule has 0 amide bonds. The van der Waals surface area contributed by atoms with Crippen molar-refractivity contribution < 1.29 is 8.85 Å². The van der Waals surface area contributed by atoms with Crippen LogP contribution in [0.1, 0.15) is 13.8 Å². The molecule has 2 unspecified atom stereocenters. The third-order valence-electron chi connectivity index (χ3n) is 1.55. The van der Waals surface area contributed by atoms with Crippen LogP contribution >= 0.6 is 0 Å². The second-order valence-electron chi connectivity index (χ2n) is 2.71. The highest BCUT2D eigenvalue weighted by Gasteiger charge is 2.28. The summed E-state index contributed by atoms with van der Waals surface area (Å²) in [6.07, 6.45) is 1.79. The molecule has 0 radical (unpaired) electrons. The van der Waals surface area contributed by atoms with Crippen LogP contribution in [0.2, 0.25) is 6.55 Å². The van der Waals surface area contributed by atoms with Crippen LogP contribution in [0.25, 0.3) is 0 Å². The molecule has 12 heavy (non-hydrogen) atoms. The molecule has 2 nitrogen and oxygen atoms in total. The first kappa shape index (κ1) is 11.6. The third kappa shape index (κ3) is 3.85. The Morgan fingerprint density at radius 2 is 2.08 bits per heavy atom. The topological polar surface area (TPSA) is 18.5 Å². The average Bonchev–Trinajstić information content (AvgIpc) is 2.05. The minimum Gasteiger partial charge on any atom is -0.392 e. The van der Waals surface area contributed by atoms with Crippen LogP contribution in [0.15, 0.2) is 24.9 Å². The number of hydrogen-bond donors (Lipinski definition) is 0. The van der Waals surface area contributed by atoms with Crippen molar-refractivity contribution in [2.24, 2.45) is 0 Å². The van der Waals surface area contributed by atoms with Gasteiger partial charge in [-0.15, -0.1) is 13.2 Å². The first-order chi connectivity index (χ1) is 5.58. The van der Waals surface area contributed by atoms with E-state index in [1.54, 1.807) is 11.8 Å². The van der Waals surface area contributed by atoms with Gasteiger partial charge in [-0.3, -0.25) is 0 Å². The Morgan fingerprint density at radius 3 is 2.42 bits per heavy atom. The van der Waals surface area contributed by atoms with E-state index in [-0.39, 0.29) is 6.10 Å². The van der Waals surface area contributed by atoms with Crippen molar-refractivity contribution in [3.8, 4) is 0 Å². The first-order valence-electron chi connectivity index (χ1n) is 4.16. The quantitative estimate of drug-likeness (QED) is 0.468. The van der Waals surface area contributed by atoms with Crippen molar-refractivity contribution in [3.63, 3.8) is 0 Å². The van der Waals surface area contributed by atoms with Gasteiger partial charge in [0.2, 0.25) is 0 Å². The molecule has 0 aliphatic heterocycles. The van der Waals surface area contributed by atoms with Crippen molar-refractivity contribution in [2.45, 2.75) is 26.5 Å². The van der Waals surface area contributed by atoms with Crippen LogP contribution in [-0.4, -0.2) is 21.3 Å². The van der Waals surface area contributed by atoms with E-state index in [2.05, 4.69) is 13.2 Å². The highest BCUT2D eigenvalue weighted by Crippen LogP contribution is 2.11. The molecule has 3 heteroatoms. The van der Waals surface area contributed by atoms with E-state index in [0.717, 1.165) is 0 Å². The van der Waals surface area contributed by atoms with Crippen molar-refractivity contribution in [2.75, 3.05) is 6.61 Å². The molecule has 0 saturated heterocycles. The summed E-state index contributed by atoms with van der Waals surface area (Å²) in [6, 6.07) is 0. The fourth-order valence-electron chi connectivity index (χ4n) is 0.845. The zero-order valence-electron chi connectivity index (χ0n) is 8.17. The zero-order valence-corrected chi connectivity index (χ0v) is 9.17. The van der Waals surface area contributed by atoms with Crippen molar-refractivity contribution in [3.05, 3.63) is 24.9 Å². The van der Waals surface area contributed by atoms with E-state index in [9.17, 15) is 0 Å². The smallest absolute Gasteiger partial charge is 0.361 e. The normalized spacial score (nSPS) is 17.9. The summed E-state index contributed by atoms with van der Waals surface area (Å²) in [5.74, 6) is 0. The average molecular weight is 186 g/mol. The molecule has 0 aromatic carbocycles. The Hall–Kier alpha value is -0.383. The van der Waals surface area contributed by atoms with Crippen LogP contribution in [-0.2, 0) is 8.85 Å². The maximum atomic E-state index is 5.66. The predicted octanol–water partition coefficient (Wildman–Crippen LogP) is 2.41. The molecule has 0 aromatic heterocycles. The van der Waals surface area contributed by atoms with Gasteiger partial charge in [-0.25, -0.2) is 0 Å².